The standard InChI is InChI=1S/C14H13BrClNO2/c1-19-14-6-9(2-5-13(14)18)8-17-12-4-3-10(16)7-11(12)15/h2-7,17-18H,8H2,1H3. The molecule has 0 saturated carbocycles. The lowest BCUT2D eigenvalue weighted by atomic mass is 10.2. The van der Waals surface area contributed by atoms with Crippen LogP contribution in [0, 0.1) is 0 Å². The van der Waals surface area contributed by atoms with E-state index in [0.717, 1.165) is 15.7 Å². The number of anilines is 1. The van der Waals surface area contributed by atoms with E-state index in [1.54, 1.807) is 12.1 Å². The van der Waals surface area contributed by atoms with Gasteiger partial charge in [-0.05, 0) is 51.8 Å². The first-order valence-corrected chi connectivity index (χ1v) is 6.82. The van der Waals surface area contributed by atoms with E-state index in [0.29, 0.717) is 17.3 Å². The largest absolute Gasteiger partial charge is 0.504 e. The van der Waals surface area contributed by atoms with Gasteiger partial charge < -0.3 is 15.2 Å². The molecular weight excluding hydrogens is 330 g/mol. The molecule has 2 rings (SSSR count). The molecule has 5 heteroatoms. The Hall–Kier alpha value is -1.39. The van der Waals surface area contributed by atoms with Crippen molar-refractivity contribution in [2.75, 3.05) is 12.4 Å². The Labute approximate surface area is 125 Å². The van der Waals surface area contributed by atoms with Crippen LogP contribution >= 0.6 is 27.5 Å². The maximum atomic E-state index is 9.53. The fourth-order valence-electron chi connectivity index (χ4n) is 1.66. The Kier molecular flexibility index (Phi) is 4.56. The topological polar surface area (TPSA) is 41.5 Å². The number of ether oxygens (including phenoxy) is 1. The van der Waals surface area contributed by atoms with Gasteiger partial charge in [-0.3, -0.25) is 0 Å². The molecule has 100 valence electrons. The van der Waals surface area contributed by atoms with Crippen LogP contribution in [-0.2, 0) is 6.54 Å². The molecule has 0 bridgehead atoms. The Bertz CT molecular complexity index is 590. The van der Waals surface area contributed by atoms with E-state index in [1.165, 1.54) is 7.11 Å². The molecule has 0 radical (unpaired) electrons. The molecule has 3 nitrogen and oxygen atoms in total. The van der Waals surface area contributed by atoms with E-state index in [-0.39, 0.29) is 5.75 Å². The van der Waals surface area contributed by atoms with Crippen molar-refractivity contribution in [2.45, 2.75) is 6.54 Å². The van der Waals surface area contributed by atoms with Crippen LogP contribution in [0.1, 0.15) is 5.56 Å². The Balaban J connectivity index is 2.10. The molecule has 0 atom stereocenters. The third-order valence-corrected chi connectivity index (χ3v) is 3.55. The lowest BCUT2D eigenvalue weighted by Crippen LogP contribution is -2.00. The van der Waals surface area contributed by atoms with E-state index in [1.807, 2.05) is 24.3 Å². The maximum absolute atomic E-state index is 9.53. The highest BCUT2D eigenvalue weighted by Gasteiger charge is 2.04. The summed E-state index contributed by atoms with van der Waals surface area (Å²) in [5.41, 5.74) is 1.97. The first-order chi connectivity index (χ1) is 9.10. The summed E-state index contributed by atoms with van der Waals surface area (Å²) in [6.45, 7) is 0.622. The van der Waals surface area contributed by atoms with Crippen LogP contribution in [0.15, 0.2) is 40.9 Å². The highest BCUT2D eigenvalue weighted by atomic mass is 79.9. The molecule has 0 saturated heterocycles. The van der Waals surface area contributed by atoms with Crippen molar-refractivity contribution in [1.29, 1.82) is 0 Å². The van der Waals surface area contributed by atoms with Gasteiger partial charge in [-0.2, -0.15) is 0 Å². The van der Waals surface area contributed by atoms with Gasteiger partial charge in [0, 0.05) is 21.7 Å². The van der Waals surface area contributed by atoms with Crippen LogP contribution in [0.3, 0.4) is 0 Å². The quantitative estimate of drug-likeness (QED) is 0.863. The number of aromatic hydroxyl groups is 1. The molecule has 19 heavy (non-hydrogen) atoms. The molecule has 0 aliphatic carbocycles. The summed E-state index contributed by atoms with van der Waals surface area (Å²) in [7, 11) is 1.53. The number of nitrogens with one attached hydrogen (secondary N) is 1. The molecule has 0 aliphatic heterocycles. The Morgan fingerprint density at radius 2 is 2.05 bits per heavy atom. The molecule has 0 aromatic heterocycles. The lowest BCUT2D eigenvalue weighted by Gasteiger charge is -2.10. The number of halogens is 2. The number of phenolic OH excluding ortho intramolecular Hbond substituents is 1. The van der Waals surface area contributed by atoms with Crippen LogP contribution < -0.4 is 10.1 Å². The maximum Gasteiger partial charge on any atom is 0.160 e. The van der Waals surface area contributed by atoms with Crippen LogP contribution in [0.4, 0.5) is 5.69 Å². The van der Waals surface area contributed by atoms with Gasteiger partial charge in [0.25, 0.3) is 0 Å². The fourth-order valence-corrected chi connectivity index (χ4v) is 2.48. The number of hydrogen-bond acceptors (Lipinski definition) is 3. The lowest BCUT2D eigenvalue weighted by molar-refractivity contribution is 0.373. The molecule has 0 spiro atoms. The van der Waals surface area contributed by atoms with Gasteiger partial charge in [-0.1, -0.05) is 17.7 Å². The minimum atomic E-state index is 0.138. The summed E-state index contributed by atoms with van der Waals surface area (Å²) >= 11 is 9.34. The van der Waals surface area contributed by atoms with Crippen molar-refractivity contribution < 1.29 is 9.84 Å². The second kappa shape index (κ2) is 6.17. The molecule has 2 aromatic carbocycles. The fraction of sp³-hybridized carbons (Fsp3) is 0.143. The molecule has 0 amide bonds. The van der Waals surface area contributed by atoms with E-state index < -0.39 is 0 Å². The van der Waals surface area contributed by atoms with Crippen molar-refractivity contribution in [3.63, 3.8) is 0 Å². The highest BCUT2D eigenvalue weighted by molar-refractivity contribution is 9.10. The SMILES string of the molecule is COc1cc(CNc2ccc(Cl)cc2Br)ccc1O. The molecule has 0 fully saturated rings. The summed E-state index contributed by atoms with van der Waals surface area (Å²) < 4.78 is 5.98. The van der Waals surface area contributed by atoms with Crippen molar-refractivity contribution in [3.05, 3.63) is 51.5 Å². The Morgan fingerprint density at radius 1 is 1.26 bits per heavy atom. The summed E-state index contributed by atoms with van der Waals surface area (Å²) in [5, 5.41) is 13.5. The third-order valence-electron chi connectivity index (χ3n) is 2.66. The summed E-state index contributed by atoms with van der Waals surface area (Å²) in [5.74, 6) is 0.605. The van der Waals surface area contributed by atoms with E-state index in [9.17, 15) is 5.11 Å². The van der Waals surface area contributed by atoms with Crippen LogP contribution in [-0.4, -0.2) is 12.2 Å². The second-order valence-electron chi connectivity index (χ2n) is 3.98. The van der Waals surface area contributed by atoms with Crippen LogP contribution in [0.25, 0.3) is 0 Å². The van der Waals surface area contributed by atoms with Crippen molar-refractivity contribution in [2.24, 2.45) is 0 Å². The predicted molar refractivity (Wildman–Crippen MR) is 81.1 cm³/mol. The highest BCUT2D eigenvalue weighted by Crippen LogP contribution is 2.28. The normalized spacial score (nSPS) is 10.3. The first kappa shape index (κ1) is 14.0. The van der Waals surface area contributed by atoms with Crippen LogP contribution in [0.5, 0.6) is 11.5 Å². The van der Waals surface area contributed by atoms with Gasteiger partial charge in [0.1, 0.15) is 0 Å². The summed E-state index contributed by atoms with van der Waals surface area (Å²) in [4.78, 5) is 0. The summed E-state index contributed by atoms with van der Waals surface area (Å²) in [6.07, 6.45) is 0. The van der Waals surface area contributed by atoms with Gasteiger partial charge in [-0.25, -0.2) is 0 Å². The van der Waals surface area contributed by atoms with Gasteiger partial charge in [0.2, 0.25) is 0 Å². The Morgan fingerprint density at radius 3 is 2.74 bits per heavy atom. The third kappa shape index (κ3) is 3.55. The van der Waals surface area contributed by atoms with Crippen molar-refractivity contribution in [1.82, 2.24) is 0 Å². The number of rotatable bonds is 4. The molecule has 2 aromatic rings. The zero-order chi connectivity index (χ0) is 13.8. The predicted octanol–water partition coefficient (Wildman–Crippen LogP) is 4.43. The second-order valence-corrected chi connectivity index (χ2v) is 5.27. The minimum Gasteiger partial charge on any atom is -0.504 e. The minimum absolute atomic E-state index is 0.138. The zero-order valence-electron chi connectivity index (χ0n) is 10.3. The van der Waals surface area contributed by atoms with E-state index in [2.05, 4.69) is 21.2 Å². The number of phenols is 1. The van der Waals surface area contributed by atoms with Gasteiger partial charge in [0.15, 0.2) is 11.5 Å². The average Bonchev–Trinajstić information content (AvgIpc) is 2.39. The van der Waals surface area contributed by atoms with E-state index in [4.69, 9.17) is 16.3 Å². The smallest absolute Gasteiger partial charge is 0.160 e. The van der Waals surface area contributed by atoms with Gasteiger partial charge in [0.05, 0.1) is 7.11 Å². The molecular formula is C14H13BrClNO2. The number of methoxy groups -OCH3 is 1. The first-order valence-electron chi connectivity index (χ1n) is 5.65. The summed E-state index contributed by atoms with van der Waals surface area (Å²) in [6, 6.07) is 10.8. The van der Waals surface area contributed by atoms with E-state index >= 15 is 0 Å². The van der Waals surface area contributed by atoms with Crippen LogP contribution in [0.2, 0.25) is 5.02 Å². The molecule has 2 N–H and O–H groups in total. The molecule has 0 unspecified atom stereocenters. The number of hydrogen-bond donors (Lipinski definition) is 2. The molecule has 0 aliphatic rings. The molecule has 0 heterocycles. The van der Waals surface area contributed by atoms with Crippen molar-refractivity contribution >= 4 is 33.2 Å². The monoisotopic (exact) mass is 341 g/mol. The average molecular weight is 343 g/mol. The van der Waals surface area contributed by atoms with Gasteiger partial charge in [-0.15, -0.1) is 0 Å². The van der Waals surface area contributed by atoms with Gasteiger partial charge >= 0.3 is 0 Å². The number of benzene rings is 2. The van der Waals surface area contributed by atoms with Crippen molar-refractivity contribution in [3.8, 4) is 11.5 Å². The zero-order valence-corrected chi connectivity index (χ0v) is 12.6.